The number of nitrogens with two attached hydrogens (primary N) is 1. The third-order valence-electron chi connectivity index (χ3n) is 5.97. The van der Waals surface area contributed by atoms with Crippen LogP contribution in [0.3, 0.4) is 0 Å². The summed E-state index contributed by atoms with van der Waals surface area (Å²) in [5.74, 6) is 0.246. The number of carbonyl (C=O) groups is 1. The maximum absolute atomic E-state index is 14.1. The Morgan fingerprint density at radius 3 is 2.84 bits per heavy atom. The molecule has 3 aromatic heterocycles. The van der Waals surface area contributed by atoms with Gasteiger partial charge in [-0.15, -0.1) is 5.10 Å². The van der Waals surface area contributed by atoms with Crippen molar-refractivity contribution in [2.75, 3.05) is 12.3 Å². The number of rotatable bonds is 2. The minimum Gasteiger partial charge on any atom is -0.368 e. The molecule has 0 aliphatic carbocycles. The number of likely N-dealkylation sites (tertiary alicyclic amines) is 1. The fraction of sp³-hybridized carbons (Fsp3) is 0.318. The summed E-state index contributed by atoms with van der Waals surface area (Å²) in [5, 5.41) is 5.14. The van der Waals surface area contributed by atoms with E-state index in [9.17, 15) is 9.18 Å². The van der Waals surface area contributed by atoms with Gasteiger partial charge < -0.3 is 10.6 Å². The normalized spacial score (nSPS) is 19.3. The fourth-order valence-electron chi connectivity index (χ4n) is 4.29. The third kappa shape index (κ3) is 3.26. The lowest BCUT2D eigenvalue weighted by Crippen LogP contribution is -2.45. The number of nitrogen functional groups attached to an aromatic ring is 1. The Labute approximate surface area is 177 Å². The molecule has 0 bridgehead atoms. The summed E-state index contributed by atoms with van der Waals surface area (Å²) >= 11 is 0. The number of hydrogen-bond donors (Lipinski definition) is 1. The first-order valence-electron chi connectivity index (χ1n) is 10.3. The molecule has 1 saturated heterocycles. The molecule has 31 heavy (non-hydrogen) atoms. The molecule has 4 heterocycles. The Bertz CT molecular complexity index is 1300. The van der Waals surface area contributed by atoms with Crippen molar-refractivity contribution in [2.24, 2.45) is 0 Å². The van der Waals surface area contributed by atoms with Crippen LogP contribution in [-0.4, -0.2) is 48.0 Å². The molecule has 0 radical (unpaired) electrons. The first kappa shape index (κ1) is 19.3. The van der Waals surface area contributed by atoms with Crippen molar-refractivity contribution in [1.82, 2.24) is 29.5 Å². The smallest absolute Gasteiger partial charge is 0.272 e. The van der Waals surface area contributed by atoms with Crippen LogP contribution >= 0.6 is 0 Å². The number of aromatic nitrogens is 5. The van der Waals surface area contributed by atoms with E-state index in [1.54, 1.807) is 31.3 Å². The topological polar surface area (TPSA) is 102 Å². The van der Waals surface area contributed by atoms with Crippen molar-refractivity contribution in [3.05, 3.63) is 59.4 Å². The number of benzene rings is 1. The van der Waals surface area contributed by atoms with Gasteiger partial charge in [-0.05, 0) is 56.5 Å². The molecule has 9 heteroatoms. The first-order valence-corrected chi connectivity index (χ1v) is 10.3. The third-order valence-corrected chi connectivity index (χ3v) is 5.97. The molecule has 5 rings (SSSR count). The van der Waals surface area contributed by atoms with E-state index in [-0.39, 0.29) is 29.6 Å². The zero-order valence-corrected chi connectivity index (χ0v) is 17.3. The van der Waals surface area contributed by atoms with Gasteiger partial charge in [0.05, 0.1) is 5.52 Å². The highest BCUT2D eigenvalue weighted by molar-refractivity contribution is 5.94. The maximum atomic E-state index is 14.1. The average molecular weight is 419 g/mol. The average Bonchev–Trinajstić information content (AvgIpc) is 3.22. The molecule has 1 amide bonds. The van der Waals surface area contributed by atoms with E-state index in [4.69, 9.17) is 10.7 Å². The van der Waals surface area contributed by atoms with Crippen LogP contribution in [0.2, 0.25) is 0 Å². The second kappa shape index (κ2) is 7.26. The summed E-state index contributed by atoms with van der Waals surface area (Å²) in [4.78, 5) is 28.1. The van der Waals surface area contributed by atoms with Gasteiger partial charge in [0.15, 0.2) is 11.5 Å². The van der Waals surface area contributed by atoms with E-state index in [1.807, 2.05) is 11.8 Å². The number of fused-ring (bicyclic) bond motifs is 3. The van der Waals surface area contributed by atoms with Gasteiger partial charge in [0.2, 0.25) is 5.95 Å². The largest absolute Gasteiger partial charge is 0.368 e. The molecule has 8 nitrogen and oxygen atoms in total. The van der Waals surface area contributed by atoms with Crippen molar-refractivity contribution < 1.29 is 9.18 Å². The zero-order chi connectivity index (χ0) is 21.7. The molecule has 158 valence electrons. The minimum atomic E-state index is -0.360. The second-order valence-electron chi connectivity index (χ2n) is 8.09. The van der Waals surface area contributed by atoms with Gasteiger partial charge in [0.1, 0.15) is 11.5 Å². The first-order chi connectivity index (χ1) is 14.9. The van der Waals surface area contributed by atoms with Crippen LogP contribution in [0.5, 0.6) is 0 Å². The predicted molar refractivity (Wildman–Crippen MR) is 114 cm³/mol. The fourth-order valence-corrected chi connectivity index (χ4v) is 4.29. The van der Waals surface area contributed by atoms with Crippen LogP contribution in [-0.2, 0) is 0 Å². The van der Waals surface area contributed by atoms with E-state index in [1.165, 1.54) is 16.6 Å². The molecule has 0 unspecified atom stereocenters. The van der Waals surface area contributed by atoms with Gasteiger partial charge >= 0.3 is 0 Å². The number of piperidine rings is 1. The monoisotopic (exact) mass is 419 g/mol. The molecule has 2 N–H and O–H groups in total. The lowest BCUT2D eigenvalue weighted by Gasteiger charge is -2.36. The molecular weight excluding hydrogens is 397 g/mol. The van der Waals surface area contributed by atoms with Crippen molar-refractivity contribution in [2.45, 2.75) is 38.6 Å². The summed E-state index contributed by atoms with van der Waals surface area (Å²) in [6.45, 7) is 4.30. The summed E-state index contributed by atoms with van der Waals surface area (Å²) in [7, 11) is 0. The second-order valence-corrected chi connectivity index (χ2v) is 8.09. The van der Waals surface area contributed by atoms with Crippen molar-refractivity contribution in [3.63, 3.8) is 0 Å². The van der Waals surface area contributed by atoms with Gasteiger partial charge in [-0.25, -0.2) is 14.4 Å². The standard InChI is InChI=1S/C22H22FN7O/c1-12-9-15(23)10-16-18(12)26-22(24)30-20(16)27-19(28-30)14-7-6-13(2)29(11-14)21(31)17-5-3-4-8-25-17/h3-5,8-10,13-14H,6-7,11H2,1-2H3,(H2,24,26)/t13-,14+/m0/s1. The number of amides is 1. The molecule has 1 aliphatic heterocycles. The highest BCUT2D eigenvalue weighted by Gasteiger charge is 2.33. The Hall–Kier alpha value is -3.62. The number of aryl methyl sites for hydroxylation is 1. The number of carbonyl (C=O) groups excluding carboxylic acids is 1. The van der Waals surface area contributed by atoms with Crippen LogP contribution in [0.15, 0.2) is 36.5 Å². The Balaban J connectivity index is 1.54. The van der Waals surface area contributed by atoms with Crippen molar-refractivity contribution in [3.8, 4) is 0 Å². The van der Waals surface area contributed by atoms with E-state index >= 15 is 0 Å². The van der Waals surface area contributed by atoms with E-state index in [0.29, 0.717) is 40.2 Å². The summed E-state index contributed by atoms with van der Waals surface area (Å²) in [6.07, 6.45) is 3.27. The number of anilines is 1. The zero-order valence-electron chi connectivity index (χ0n) is 17.3. The van der Waals surface area contributed by atoms with Gasteiger partial charge in [-0.1, -0.05) is 6.07 Å². The lowest BCUT2D eigenvalue weighted by molar-refractivity contribution is 0.0600. The number of hydrogen-bond acceptors (Lipinski definition) is 6. The van der Waals surface area contributed by atoms with Crippen molar-refractivity contribution >= 4 is 28.4 Å². The van der Waals surface area contributed by atoms with Crippen molar-refractivity contribution in [1.29, 1.82) is 0 Å². The number of pyridine rings is 1. The molecule has 0 spiro atoms. The minimum absolute atomic E-state index is 0.0622. The number of halogens is 1. The summed E-state index contributed by atoms with van der Waals surface area (Å²) in [5.41, 5.74) is 8.32. The molecule has 2 atom stereocenters. The highest BCUT2D eigenvalue weighted by Crippen LogP contribution is 2.31. The Morgan fingerprint density at radius 2 is 2.06 bits per heavy atom. The van der Waals surface area contributed by atoms with E-state index < -0.39 is 0 Å². The van der Waals surface area contributed by atoms with Crippen LogP contribution in [0.25, 0.3) is 16.6 Å². The van der Waals surface area contributed by atoms with Crippen LogP contribution in [0.1, 0.15) is 47.6 Å². The molecule has 1 aromatic carbocycles. The van der Waals surface area contributed by atoms with Crippen LogP contribution in [0.4, 0.5) is 10.3 Å². The summed E-state index contributed by atoms with van der Waals surface area (Å²) in [6, 6.07) is 8.23. The number of nitrogens with zero attached hydrogens (tertiary/aromatic N) is 6. The highest BCUT2D eigenvalue weighted by atomic mass is 19.1. The molecule has 4 aromatic rings. The molecular formula is C22H22FN7O. The Kier molecular flexibility index (Phi) is 4.53. The van der Waals surface area contributed by atoms with Crippen LogP contribution in [0, 0.1) is 12.7 Å². The van der Waals surface area contributed by atoms with Gasteiger partial charge in [0, 0.05) is 30.1 Å². The van der Waals surface area contributed by atoms with E-state index in [0.717, 1.165) is 12.8 Å². The van der Waals surface area contributed by atoms with Gasteiger partial charge in [0.25, 0.3) is 5.91 Å². The molecule has 0 saturated carbocycles. The van der Waals surface area contributed by atoms with Crippen LogP contribution < -0.4 is 5.73 Å². The molecule has 1 aliphatic rings. The van der Waals surface area contributed by atoms with Gasteiger partial charge in [-0.2, -0.15) is 4.52 Å². The summed E-state index contributed by atoms with van der Waals surface area (Å²) < 4.78 is 15.5. The lowest BCUT2D eigenvalue weighted by atomic mass is 9.92. The van der Waals surface area contributed by atoms with E-state index in [2.05, 4.69) is 15.1 Å². The Morgan fingerprint density at radius 1 is 1.23 bits per heavy atom. The predicted octanol–water partition coefficient (Wildman–Crippen LogP) is 3.11. The molecule has 1 fully saturated rings. The maximum Gasteiger partial charge on any atom is 0.272 e. The van der Waals surface area contributed by atoms with Gasteiger partial charge in [-0.3, -0.25) is 9.78 Å². The SMILES string of the molecule is Cc1cc(F)cc2c1nc(N)n1nc([C@@H]3CC[C@H](C)N(C(=O)c4ccccn4)C3)nc21. The quantitative estimate of drug-likeness (QED) is 0.536.